The van der Waals surface area contributed by atoms with Crippen molar-refractivity contribution in [2.24, 2.45) is 0 Å². The number of ether oxygens (including phenoxy) is 2. The van der Waals surface area contributed by atoms with Crippen LogP contribution >= 0.6 is 11.3 Å². The van der Waals surface area contributed by atoms with E-state index < -0.39 is 0 Å². The maximum Gasteiger partial charge on any atom is 0.354 e. The molecule has 9 rings (SSSR count). The van der Waals surface area contributed by atoms with Gasteiger partial charge in [0.05, 0.1) is 53.5 Å². The molecule has 0 radical (unpaired) electrons. The third-order valence-electron chi connectivity index (χ3n) is 10.1. The molecule has 4 aromatic heterocycles. The first kappa shape index (κ1) is 30.7. The summed E-state index contributed by atoms with van der Waals surface area (Å²) in [7, 11) is 3.19. The monoisotopic (exact) mass is 688 g/mol. The van der Waals surface area contributed by atoms with E-state index in [1.807, 2.05) is 29.3 Å². The highest BCUT2D eigenvalue weighted by atomic mass is 32.1. The van der Waals surface area contributed by atoms with Gasteiger partial charge in [-0.1, -0.05) is 24.3 Å². The van der Waals surface area contributed by atoms with Crippen LogP contribution in [0.3, 0.4) is 0 Å². The maximum absolute atomic E-state index is 14.3. The van der Waals surface area contributed by atoms with Crippen molar-refractivity contribution in [3.8, 4) is 33.7 Å². The lowest BCUT2D eigenvalue weighted by Crippen LogP contribution is -2.22. The average Bonchev–Trinajstić information content (AvgIpc) is 3.98. The zero-order chi connectivity index (χ0) is 33.9. The van der Waals surface area contributed by atoms with Crippen LogP contribution in [0.5, 0.6) is 11.8 Å². The molecular formula is C38H33FN6O4S. The van der Waals surface area contributed by atoms with Crippen LogP contribution in [0.15, 0.2) is 65.3 Å². The Bertz CT molecular complexity index is 2290. The lowest BCUT2D eigenvalue weighted by atomic mass is 9.93. The highest BCUT2D eigenvalue weighted by Crippen LogP contribution is 2.51. The predicted octanol–water partition coefficient (Wildman–Crippen LogP) is 7.74. The topological polar surface area (TPSA) is 116 Å². The lowest BCUT2D eigenvalue weighted by molar-refractivity contribution is 0.0776. The summed E-state index contributed by atoms with van der Waals surface area (Å²) < 4.78 is 31.5. The van der Waals surface area contributed by atoms with E-state index in [0.717, 1.165) is 74.7 Å². The van der Waals surface area contributed by atoms with Crippen LogP contribution in [0.2, 0.25) is 0 Å². The number of nitrogens with zero attached hydrogens (tertiary/aromatic N) is 5. The van der Waals surface area contributed by atoms with Crippen LogP contribution < -0.4 is 14.8 Å². The largest absolute Gasteiger partial charge is 0.496 e. The molecule has 2 aliphatic heterocycles. The van der Waals surface area contributed by atoms with Gasteiger partial charge in [-0.15, -0.1) is 11.3 Å². The summed E-state index contributed by atoms with van der Waals surface area (Å²) in [5.41, 5.74) is 6.87. The van der Waals surface area contributed by atoms with Crippen molar-refractivity contribution in [1.29, 1.82) is 0 Å². The molecule has 1 aliphatic carbocycles. The third-order valence-corrected chi connectivity index (χ3v) is 11.3. The fraction of sp³-hybridized carbons (Fsp3) is 0.289. The Balaban J connectivity index is 1.21. The minimum atomic E-state index is -0.282. The fourth-order valence-corrected chi connectivity index (χ4v) is 9.00. The normalized spacial score (nSPS) is 17.7. The second-order valence-corrected chi connectivity index (χ2v) is 13.9. The number of aryl methyl sites for hydroxylation is 2. The van der Waals surface area contributed by atoms with E-state index in [2.05, 4.69) is 27.6 Å². The van der Waals surface area contributed by atoms with Crippen molar-refractivity contribution >= 4 is 33.1 Å². The number of carbonyl (C=O) groups excluding carboxylic acids is 1. The average molecular weight is 689 g/mol. The van der Waals surface area contributed by atoms with Crippen LogP contribution in [0.1, 0.15) is 69.8 Å². The Morgan fingerprint density at radius 1 is 1.02 bits per heavy atom. The second kappa shape index (κ2) is 12.2. The molecule has 1 N–H and O–H groups in total. The number of amides is 1. The van der Waals surface area contributed by atoms with Gasteiger partial charge in [-0.2, -0.15) is 4.98 Å². The number of thiophene rings is 1. The summed E-state index contributed by atoms with van der Waals surface area (Å²) in [5, 5.41) is 8.77. The van der Waals surface area contributed by atoms with E-state index in [0.29, 0.717) is 30.5 Å². The third kappa shape index (κ3) is 5.00. The molecule has 12 heteroatoms. The Hall–Kier alpha value is -5.36. The van der Waals surface area contributed by atoms with Gasteiger partial charge in [0.25, 0.3) is 11.8 Å². The number of hydrogen-bond acceptors (Lipinski definition) is 10. The van der Waals surface area contributed by atoms with Crippen LogP contribution in [-0.4, -0.2) is 51.7 Å². The molecule has 6 heterocycles. The Morgan fingerprint density at radius 2 is 1.90 bits per heavy atom. The number of hydrogen-bond donors (Lipinski definition) is 1. The first-order valence-electron chi connectivity index (χ1n) is 16.8. The number of aromatic nitrogens is 4. The SMILES string of the molecule is COc1noc(-c2c(CCc3ccc(F)cc3)nc3c(c2-c2cc4ccnc(NC5CCc6c(OC)cccc65)c4s2)C(=O)N2CCCC32)n1. The van der Waals surface area contributed by atoms with Crippen molar-refractivity contribution in [2.75, 3.05) is 26.1 Å². The molecular weight excluding hydrogens is 656 g/mol. The minimum absolute atomic E-state index is 0.0340. The van der Waals surface area contributed by atoms with Crippen molar-refractivity contribution in [3.05, 3.63) is 100 Å². The Morgan fingerprint density at radius 3 is 2.72 bits per heavy atom. The number of anilines is 1. The number of carbonyl (C=O) groups is 1. The molecule has 3 aliphatic rings. The number of rotatable bonds is 9. The van der Waals surface area contributed by atoms with Crippen LogP contribution in [-0.2, 0) is 19.3 Å². The molecule has 2 aromatic carbocycles. The maximum atomic E-state index is 14.3. The highest BCUT2D eigenvalue weighted by molar-refractivity contribution is 7.23. The molecule has 0 bridgehead atoms. The van der Waals surface area contributed by atoms with Gasteiger partial charge in [-0.25, -0.2) is 9.37 Å². The zero-order valence-electron chi connectivity index (χ0n) is 27.5. The van der Waals surface area contributed by atoms with E-state index >= 15 is 0 Å². The van der Waals surface area contributed by atoms with Crippen LogP contribution in [0.25, 0.3) is 32.0 Å². The van der Waals surface area contributed by atoms with Crippen molar-refractivity contribution < 1.29 is 23.2 Å². The standard InChI is InChI=1S/C38H33FN6O4S/c1-47-28-7-3-5-23-24(28)13-15-25(23)42-35-34-21(16-17-40-35)19-29(50-34)31-30(36-43-38(48-2)44-49-36)26(14-10-20-8-11-22(39)12-9-20)41-33-27-6-4-18-45(27)37(46)32(31)33/h3,5,7-9,11-12,16-17,19,25,27H,4,6,10,13-15,18H2,1-2H3,(H,40,42). The first-order valence-corrected chi connectivity index (χ1v) is 17.6. The summed E-state index contributed by atoms with van der Waals surface area (Å²) in [6, 6.07) is 16.9. The minimum Gasteiger partial charge on any atom is -0.496 e. The van der Waals surface area contributed by atoms with Crippen molar-refractivity contribution in [2.45, 2.75) is 50.6 Å². The molecule has 50 heavy (non-hydrogen) atoms. The van der Waals surface area contributed by atoms with E-state index in [1.165, 1.54) is 30.4 Å². The molecule has 1 fully saturated rings. The number of nitrogens with one attached hydrogen (secondary N) is 1. The van der Waals surface area contributed by atoms with Gasteiger partial charge in [-0.3, -0.25) is 9.78 Å². The summed E-state index contributed by atoms with van der Waals surface area (Å²) in [6.45, 7) is 0.686. The molecule has 2 atom stereocenters. The molecule has 2 unspecified atom stereocenters. The van der Waals surface area contributed by atoms with Gasteiger partial charge in [-0.05, 0) is 96.1 Å². The van der Waals surface area contributed by atoms with Crippen LogP contribution in [0.4, 0.5) is 10.2 Å². The van der Waals surface area contributed by atoms with E-state index in [4.69, 9.17) is 24.0 Å². The summed E-state index contributed by atoms with van der Waals surface area (Å²) in [4.78, 5) is 31.7. The Kier molecular flexibility index (Phi) is 7.49. The number of fused-ring (bicyclic) bond motifs is 5. The molecule has 0 spiro atoms. The van der Waals surface area contributed by atoms with Gasteiger partial charge in [0, 0.05) is 23.2 Å². The molecule has 0 saturated carbocycles. The summed E-state index contributed by atoms with van der Waals surface area (Å²) in [6.07, 6.45) is 6.56. The number of pyridine rings is 2. The molecule has 6 aromatic rings. The van der Waals surface area contributed by atoms with E-state index in [9.17, 15) is 9.18 Å². The number of halogens is 1. The van der Waals surface area contributed by atoms with Gasteiger partial charge in [0.15, 0.2) is 0 Å². The second-order valence-electron chi connectivity index (χ2n) is 12.9. The molecule has 252 valence electrons. The molecule has 1 saturated heterocycles. The van der Waals surface area contributed by atoms with Gasteiger partial charge in [0.2, 0.25) is 0 Å². The molecule has 1 amide bonds. The van der Waals surface area contributed by atoms with Gasteiger partial charge < -0.3 is 24.2 Å². The summed E-state index contributed by atoms with van der Waals surface area (Å²) in [5.74, 6) is 1.61. The van der Waals surface area contributed by atoms with Crippen molar-refractivity contribution in [1.82, 2.24) is 25.0 Å². The molecule has 10 nitrogen and oxygen atoms in total. The summed E-state index contributed by atoms with van der Waals surface area (Å²) >= 11 is 1.58. The number of benzene rings is 2. The Labute approximate surface area is 291 Å². The van der Waals surface area contributed by atoms with E-state index in [-0.39, 0.29) is 35.7 Å². The van der Waals surface area contributed by atoms with E-state index in [1.54, 1.807) is 30.6 Å². The van der Waals surface area contributed by atoms with Crippen LogP contribution in [0, 0.1) is 5.82 Å². The quantitative estimate of drug-likeness (QED) is 0.163. The fourth-order valence-electron chi connectivity index (χ4n) is 7.83. The lowest BCUT2D eigenvalue weighted by Gasteiger charge is -2.16. The highest BCUT2D eigenvalue weighted by Gasteiger charge is 2.45. The van der Waals surface area contributed by atoms with Crippen molar-refractivity contribution in [3.63, 3.8) is 0 Å². The zero-order valence-corrected chi connectivity index (χ0v) is 28.3. The van der Waals surface area contributed by atoms with Gasteiger partial charge >= 0.3 is 6.01 Å². The predicted molar refractivity (Wildman–Crippen MR) is 187 cm³/mol. The first-order chi connectivity index (χ1) is 24.5. The number of methoxy groups -OCH3 is 2. The van der Waals surface area contributed by atoms with Gasteiger partial charge in [0.1, 0.15) is 17.4 Å². The smallest absolute Gasteiger partial charge is 0.354 e.